The van der Waals surface area contributed by atoms with Crippen LogP contribution in [0.15, 0.2) is 22.7 Å². The van der Waals surface area contributed by atoms with Gasteiger partial charge in [0.2, 0.25) is 0 Å². The Bertz CT molecular complexity index is 338. The van der Waals surface area contributed by atoms with Gasteiger partial charge in [-0.05, 0) is 18.2 Å². The maximum absolute atomic E-state index is 5.87. The molecule has 0 fully saturated rings. The van der Waals surface area contributed by atoms with Crippen LogP contribution < -0.4 is 5.73 Å². The lowest BCUT2D eigenvalue weighted by Gasteiger charge is -1.95. The Morgan fingerprint density at radius 2 is 2.25 bits per heavy atom. The van der Waals surface area contributed by atoms with Crippen LogP contribution in [-0.2, 0) is 0 Å². The van der Waals surface area contributed by atoms with Crippen molar-refractivity contribution in [2.24, 2.45) is 5.73 Å². The predicted molar refractivity (Wildman–Crippen MR) is 55.1 cm³/mol. The number of benzene rings is 1. The van der Waals surface area contributed by atoms with Gasteiger partial charge in [0.05, 0.1) is 11.6 Å². The van der Waals surface area contributed by atoms with E-state index in [0.717, 1.165) is 10.0 Å². The molecule has 0 saturated carbocycles. The summed E-state index contributed by atoms with van der Waals surface area (Å²) in [4.78, 5) is 0. The Morgan fingerprint density at radius 1 is 1.50 bits per heavy atom. The molecule has 0 unspecified atom stereocenters. The molecule has 0 aliphatic heterocycles. The van der Waals surface area contributed by atoms with Crippen LogP contribution in [0.3, 0.4) is 0 Å². The maximum Gasteiger partial charge on any atom is 0.0563 e. The van der Waals surface area contributed by atoms with E-state index in [1.807, 2.05) is 12.1 Å². The Hall–Kier alpha value is -0.490. The summed E-state index contributed by atoms with van der Waals surface area (Å²) in [5.74, 6) is 5.62. The molecule has 0 amide bonds. The molecule has 1 aromatic carbocycles. The minimum atomic E-state index is 0.350. The molecule has 62 valence electrons. The molecule has 0 aromatic heterocycles. The van der Waals surface area contributed by atoms with Gasteiger partial charge < -0.3 is 5.73 Å². The van der Waals surface area contributed by atoms with E-state index in [2.05, 4.69) is 27.8 Å². The van der Waals surface area contributed by atoms with Crippen molar-refractivity contribution in [1.29, 1.82) is 0 Å². The molecular weight excluding hydrogens is 237 g/mol. The summed E-state index contributed by atoms with van der Waals surface area (Å²) in [5, 5.41) is 0.652. The molecule has 0 bridgehead atoms. The van der Waals surface area contributed by atoms with Crippen LogP contribution in [0, 0.1) is 11.8 Å². The van der Waals surface area contributed by atoms with E-state index in [4.69, 9.17) is 17.3 Å². The van der Waals surface area contributed by atoms with Gasteiger partial charge in [0, 0.05) is 10.0 Å². The van der Waals surface area contributed by atoms with E-state index in [1.165, 1.54) is 0 Å². The van der Waals surface area contributed by atoms with Gasteiger partial charge in [0.15, 0.2) is 0 Å². The van der Waals surface area contributed by atoms with Crippen molar-refractivity contribution >= 4 is 27.5 Å². The van der Waals surface area contributed by atoms with Crippen LogP contribution >= 0.6 is 27.5 Å². The molecule has 0 saturated heterocycles. The molecule has 0 spiro atoms. The van der Waals surface area contributed by atoms with E-state index >= 15 is 0 Å². The van der Waals surface area contributed by atoms with Gasteiger partial charge in [-0.2, -0.15) is 0 Å². The topological polar surface area (TPSA) is 26.0 Å². The summed E-state index contributed by atoms with van der Waals surface area (Å²) in [5.41, 5.74) is 6.04. The van der Waals surface area contributed by atoms with Gasteiger partial charge in [-0.25, -0.2) is 0 Å². The van der Waals surface area contributed by atoms with Crippen LogP contribution in [0.25, 0.3) is 0 Å². The van der Waals surface area contributed by atoms with Crippen molar-refractivity contribution in [1.82, 2.24) is 0 Å². The van der Waals surface area contributed by atoms with E-state index in [0.29, 0.717) is 11.6 Å². The lowest BCUT2D eigenvalue weighted by molar-refractivity contribution is 1.30. The highest BCUT2D eigenvalue weighted by atomic mass is 79.9. The molecule has 12 heavy (non-hydrogen) atoms. The van der Waals surface area contributed by atoms with Crippen molar-refractivity contribution in [2.45, 2.75) is 0 Å². The zero-order valence-corrected chi connectivity index (χ0v) is 8.61. The fourth-order valence-corrected chi connectivity index (χ4v) is 1.27. The van der Waals surface area contributed by atoms with Gasteiger partial charge >= 0.3 is 0 Å². The standard InChI is InChI=1S/C9H7BrClN/c10-8-3-4-9(11)7(6-8)2-1-5-12/h3-4,6H,5,12H2. The first-order valence-corrected chi connectivity index (χ1v) is 4.55. The Balaban J connectivity index is 3.05. The Morgan fingerprint density at radius 3 is 2.92 bits per heavy atom. The third kappa shape index (κ3) is 2.53. The molecule has 3 heteroatoms. The summed E-state index contributed by atoms with van der Waals surface area (Å²) < 4.78 is 0.966. The largest absolute Gasteiger partial charge is 0.320 e. The zero-order valence-electron chi connectivity index (χ0n) is 6.27. The summed E-state index contributed by atoms with van der Waals surface area (Å²) >= 11 is 9.20. The monoisotopic (exact) mass is 243 g/mol. The van der Waals surface area contributed by atoms with Gasteiger partial charge in [-0.3, -0.25) is 0 Å². The van der Waals surface area contributed by atoms with E-state index in [1.54, 1.807) is 6.07 Å². The number of halogens is 2. The quantitative estimate of drug-likeness (QED) is 0.697. The smallest absolute Gasteiger partial charge is 0.0563 e. The molecule has 0 heterocycles. The SMILES string of the molecule is NCC#Cc1cc(Br)ccc1Cl. The van der Waals surface area contributed by atoms with Gasteiger partial charge in [0.1, 0.15) is 0 Å². The fourth-order valence-electron chi connectivity index (χ4n) is 0.740. The third-order valence-corrected chi connectivity index (χ3v) is 2.08. The number of hydrogen-bond acceptors (Lipinski definition) is 1. The highest BCUT2D eigenvalue weighted by Gasteiger charge is 1.96. The lowest BCUT2D eigenvalue weighted by Crippen LogP contribution is -1.93. The minimum Gasteiger partial charge on any atom is -0.320 e. The maximum atomic E-state index is 5.87. The van der Waals surface area contributed by atoms with Gasteiger partial charge in [-0.1, -0.05) is 39.4 Å². The van der Waals surface area contributed by atoms with Crippen molar-refractivity contribution in [3.8, 4) is 11.8 Å². The van der Waals surface area contributed by atoms with E-state index in [-0.39, 0.29) is 0 Å². The number of hydrogen-bond donors (Lipinski definition) is 1. The minimum absolute atomic E-state index is 0.350. The number of rotatable bonds is 0. The van der Waals surface area contributed by atoms with Crippen LogP contribution in [0.1, 0.15) is 5.56 Å². The molecule has 1 nitrogen and oxygen atoms in total. The summed E-state index contributed by atoms with van der Waals surface area (Å²) in [6.07, 6.45) is 0. The molecule has 1 aromatic rings. The third-order valence-electron chi connectivity index (χ3n) is 1.25. The van der Waals surface area contributed by atoms with Crippen molar-refractivity contribution in [3.63, 3.8) is 0 Å². The van der Waals surface area contributed by atoms with Crippen LogP contribution in [0.2, 0.25) is 5.02 Å². The van der Waals surface area contributed by atoms with Crippen LogP contribution in [0.4, 0.5) is 0 Å². The average molecular weight is 245 g/mol. The first kappa shape index (κ1) is 9.60. The molecular formula is C9H7BrClN. The summed E-state index contributed by atoms with van der Waals surface area (Å²) in [6, 6.07) is 5.53. The Labute approximate surface area is 85.0 Å². The van der Waals surface area contributed by atoms with Gasteiger partial charge in [0.25, 0.3) is 0 Å². The molecule has 2 N–H and O–H groups in total. The summed E-state index contributed by atoms with van der Waals surface area (Å²) in [6.45, 7) is 0.350. The second-order valence-electron chi connectivity index (χ2n) is 2.13. The zero-order chi connectivity index (χ0) is 8.97. The normalized spacial score (nSPS) is 8.92. The molecule has 0 aliphatic carbocycles. The molecule has 0 atom stereocenters. The average Bonchev–Trinajstić information content (AvgIpc) is 2.07. The highest BCUT2D eigenvalue weighted by molar-refractivity contribution is 9.10. The van der Waals surface area contributed by atoms with Crippen molar-refractivity contribution < 1.29 is 0 Å². The fraction of sp³-hybridized carbons (Fsp3) is 0.111. The second kappa shape index (κ2) is 4.51. The van der Waals surface area contributed by atoms with Crippen LogP contribution in [-0.4, -0.2) is 6.54 Å². The Kier molecular flexibility index (Phi) is 3.61. The summed E-state index contributed by atoms with van der Waals surface area (Å²) in [7, 11) is 0. The first-order valence-electron chi connectivity index (χ1n) is 3.38. The van der Waals surface area contributed by atoms with E-state index < -0.39 is 0 Å². The first-order chi connectivity index (χ1) is 5.74. The van der Waals surface area contributed by atoms with Crippen molar-refractivity contribution in [2.75, 3.05) is 6.54 Å². The van der Waals surface area contributed by atoms with Crippen LogP contribution in [0.5, 0.6) is 0 Å². The van der Waals surface area contributed by atoms with E-state index in [9.17, 15) is 0 Å². The highest BCUT2D eigenvalue weighted by Crippen LogP contribution is 2.19. The number of nitrogens with two attached hydrogens (primary N) is 1. The second-order valence-corrected chi connectivity index (χ2v) is 3.45. The van der Waals surface area contributed by atoms with Gasteiger partial charge in [-0.15, -0.1) is 0 Å². The molecule has 1 rings (SSSR count). The lowest BCUT2D eigenvalue weighted by atomic mass is 10.2. The molecule has 0 radical (unpaired) electrons. The predicted octanol–water partition coefficient (Wildman–Crippen LogP) is 2.41. The van der Waals surface area contributed by atoms with Crippen molar-refractivity contribution in [3.05, 3.63) is 33.3 Å². The molecule has 0 aliphatic rings.